The van der Waals surface area contributed by atoms with E-state index in [9.17, 15) is 9.90 Å². The second kappa shape index (κ2) is 23.1. The van der Waals surface area contributed by atoms with Crippen molar-refractivity contribution in [3.8, 4) is 39.5 Å². The van der Waals surface area contributed by atoms with E-state index in [4.69, 9.17) is 9.47 Å². The fourth-order valence-corrected chi connectivity index (χ4v) is 8.17. The molecule has 0 fully saturated rings. The molecule has 1 aliphatic rings. The van der Waals surface area contributed by atoms with Crippen LogP contribution in [0.5, 0.6) is 17.2 Å². The van der Waals surface area contributed by atoms with Crippen LogP contribution in [0, 0.1) is 11.6 Å². The largest absolute Gasteiger partial charge is 0.505 e. The minimum atomic E-state index is -0.436. The number of aromatic hydroxyl groups is 1. The summed E-state index contributed by atoms with van der Waals surface area (Å²) in [5.74, 6) is -0.419. The van der Waals surface area contributed by atoms with Gasteiger partial charge in [0.1, 0.15) is 34.5 Å². The molecule has 0 atom stereocenters. The van der Waals surface area contributed by atoms with Crippen LogP contribution >= 0.6 is 0 Å². The van der Waals surface area contributed by atoms with Crippen molar-refractivity contribution in [2.24, 2.45) is 4.99 Å². The van der Waals surface area contributed by atoms with Gasteiger partial charge in [-0.1, -0.05) is 142 Å². The number of aliphatic imine (C=N–C) groups is 1. The first kappa shape index (κ1) is 44.6. The molecule has 8 heteroatoms. The van der Waals surface area contributed by atoms with Crippen molar-refractivity contribution in [2.75, 3.05) is 13.2 Å². The molecule has 6 rings (SSSR count). The Bertz CT molecular complexity index is 2190. The average molecular weight is 819 g/mol. The van der Waals surface area contributed by atoms with E-state index in [-0.39, 0.29) is 22.9 Å². The van der Waals surface area contributed by atoms with E-state index >= 15 is 8.78 Å². The van der Waals surface area contributed by atoms with E-state index in [1.807, 2.05) is 0 Å². The van der Waals surface area contributed by atoms with Crippen molar-refractivity contribution in [1.29, 1.82) is 0 Å². The molecule has 5 aromatic rings. The van der Waals surface area contributed by atoms with Crippen LogP contribution in [0.1, 0.15) is 158 Å². The maximum absolute atomic E-state index is 15.4. The molecular formula is C52H64F2N2O4. The van der Waals surface area contributed by atoms with Crippen molar-refractivity contribution in [1.82, 2.24) is 4.98 Å². The van der Waals surface area contributed by atoms with Crippen LogP contribution in [0.4, 0.5) is 14.5 Å². The summed E-state index contributed by atoms with van der Waals surface area (Å²) in [6.07, 6.45) is 24.8. The smallest absolute Gasteiger partial charge is 0.215 e. The Kier molecular flexibility index (Phi) is 17.2. The van der Waals surface area contributed by atoms with Crippen molar-refractivity contribution in [3.63, 3.8) is 0 Å². The van der Waals surface area contributed by atoms with E-state index < -0.39 is 11.6 Å². The van der Waals surface area contributed by atoms with Gasteiger partial charge in [0.05, 0.1) is 24.5 Å². The molecule has 320 valence electrons. The lowest BCUT2D eigenvalue weighted by Gasteiger charge is -2.10. The zero-order chi connectivity index (χ0) is 42.1. The average Bonchev–Trinajstić information content (AvgIpc) is 3.76. The number of aromatic amines is 1. The topological polar surface area (TPSA) is 83.9 Å². The van der Waals surface area contributed by atoms with E-state index in [1.165, 1.54) is 115 Å². The minimum absolute atomic E-state index is 0.0590. The molecule has 4 aromatic carbocycles. The van der Waals surface area contributed by atoms with Crippen LogP contribution in [0.15, 0.2) is 77.8 Å². The number of halogens is 2. The summed E-state index contributed by atoms with van der Waals surface area (Å²) < 4.78 is 42.5. The number of nitrogens with one attached hydrogen (secondary N) is 1. The molecular weight excluding hydrogens is 755 g/mol. The van der Waals surface area contributed by atoms with Crippen molar-refractivity contribution < 1.29 is 28.2 Å². The summed E-state index contributed by atoms with van der Waals surface area (Å²) in [5, 5.41) is 11.8. The molecule has 0 spiro atoms. The van der Waals surface area contributed by atoms with Crippen molar-refractivity contribution in [3.05, 3.63) is 95.7 Å². The van der Waals surface area contributed by atoms with Gasteiger partial charge in [0.25, 0.3) is 0 Å². The maximum Gasteiger partial charge on any atom is 0.215 e. The molecule has 0 radical (unpaired) electrons. The molecule has 60 heavy (non-hydrogen) atoms. The van der Waals surface area contributed by atoms with Gasteiger partial charge < -0.3 is 19.6 Å². The Labute approximate surface area is 355 Å². The Morgan fingerprint density at radius 2 is 1.02 bits per heavy atom. The molecule has 6 nitrogen and oxygen atoms in total. The van der Waals surface area contributed by atoms with Crippen LogP contribution in [0.3, 0.4) is 0 Å². The predicted octanol–water partition coefficient (Wildman–Crippen LogP) is 15.4. The number of hydrogen-bond donors (Lipinski definition) is 2. The van der Waals surface area contributed by atoms with Crippen LogP contribution in [0.25, 0.3) is 33.2 Å². The molecule has 0 aliphatic carbocycles. The monoisotopic (exact) mass is 818 g/mol. The van der Waals surface area contributed by atoms with Gasteiger partial charge in [-0.25, -0.2) is 13.8 Å². The number of rotatable bonds is 27. The van der Waals surface area contributed by atoms with E-state index in [0.29, 0.717) is 69.1 Å². The fourth-order valence-electron chi connectivity index (χ4n) is 8.17. The number of benzene rings is 4. The highest BCUT2D eigenvalue weighted by atomic mass is 19.1. The molecule has 0 unspecified atom stereocenters. The fraction of sp³-hybridized carbons (Fsp3) is 0.462. The SMILES string of the molecule is CCCCCCCCCCCCOc1ccc(-c2ccc3c(c2)C(=O)C(c2[nH]c4ccc(-c5ccc(OCCCCCCCCCCCC)cc5F)cc4c2O)=N3)c(F)c1. The summed E-state index contributed by atoms with van der Waals surface area (Å²) >= 11 is 0. The summed E-state index contributed by atoms with van der Waals surface area (Å²) in [7, 11) is 0. The van der Waals surface area contributed by atoms with Crippen LogP contribution in [0.2, 0.25) is 0 Å². The van der Waals surface area contributed by atoms with Gasteiger partial charge >= 0.3 is 0 Å². The molecule has 1 aliphatic heterocycles. The van der Waals surface area contributed by atoms with E-state index in [1.54, 1.807) is 60.7 Å². The van der Waals surface area contributed by atoms with Crippen LogP contribution in [-0.2, 0) is 0 Å². The molecule has 0 saturated carbocycles. The highest BCUT2D eigenvalue weighted by molar-refractivity contribution is 6.55. The summed E-state index contributed by atoms with van der Waals surface area (Å²) in [6, 6.07) is 20.0. The number of unbranched alkanes of at least 4 members (excludes halogenated alkanes) is 18. The highest BCUT2D eigenvalue weighted by Crippen LogP contribution is 2.39. The number of hydrogen-bond acceptors (Lipinski definition) is 5. The van der Waals surface area contributed by atoms with Gasteiger partial charge in [0, 0.05) is 34.2 Å². The van der Waals surface area contributed by atoms with Gasteiger partial charge in [-0.05, 0) is 72.5 Å². The quantitative estimate of drug-likeness (QED) is 0.0517. The first-order chi connectivity index (χ1) is 29.4. The first-order valence-corrected chi connectivity index (χ1v) is 22.9. The lowest BCUT2D eigenvalue weighted by molar-refractivity contribution is 0.106. The number of fused-ring (bicyclic) bond motifs is 2. The second-order valence-corrected chi connectivity index (χ2v) is 16.5. The van der Waals surface area contributed by atoms with Gasteiger partial charge in [-0.2, -0.15) is 0 Å². The third-order valence-electron chi connectivity index (χ3n) is 11.7. The molecule has 2 N–H and O–H groups in total. The highest BCUT2D eigenvalue weighted by Gasteiger charge is 2.30. The number of carbonyl (C=O) groups excluding carboxylic acids is 1. The Morgan fingerprint density at radius 3 is 1.52 bits per heavy atom. The lowest BCUT2D eigenvalue weighted by Crippen LogP contribution is -2.11. The molecule has 2 heterocycles. The van der Waals surface area contributed by atoms with Gasteiger partial charge in [-0.15, -0.1) is 0 Å². The Balaban J connectivity index is 1.00. The number of ether oxygens (including phenoxy) is 2. The minimum Gasteiger partial charge on any atom is -0.505 e. The number of ketones is 1. The standard InChI is InChI=1S/C52H64F2N2O4/c1-3-5-7-9-11-13-15-17-19-21-31-59-39-25-27-41(45(53)35-39)37-23-29-47-43(33-37)51(57)49(55-47)50-52(58)44-34-38(24-30-48(44)56-50)42-28-26-40(36-46(42)54)60-32-22-20-18-16-14-12-10-8-6-4-2/h23-30,33-36,55,57H,3-22,31-32H2,1-2H3. The van der Waals surface area contributed by atoms with Gasteiger partial charge in [0.2, 0.25) is 5.78 Å². The predicted molar refractivity (Wildman–Crippen MR) is 242 cm³/mol. The van der Waals surface area contributed by atoms with E-state index in [0.717, 1.165) is 25.7 Å². The summed E-state index contributed by atoms with van der Waals surface area (Å²) in [4.78, 5) is 21.5. The van der Waals surface area contributed by atoms with Gasteiger partial charge in [-0.3, -0.25) is 4.79 Å². The van der Waals surface area contributed by atoms with E-state index in [2.05, 4.69) is 23.8 Å². The van der Waals surface area contributed by atoms with Crippen LogP contribution < -0.4 is 9.47 Å². The second-order valence-electron chi connectivity index (χ2n) is 16.5. The molecule has 0 amide bonds. The molecule has 1 aromatic heterocycles. The summed E-state index contributed by atoms with van der Waals surface area (Å²) in [5.41, 5.74) is 3.42. The number of carbonyl (C=O) groups is 1. The van der Waals surface area contributed by atoms with Crippen molar-refractivity contribution in [2.45, 2.75) is 142 Å². The normalized spacial score (nSPS) is 12.3. The maximum atomic E-state index is 15.4. The summed E-state index contributed by atoms with van der Waals surface area (Å²) in [6.45, 7) is 5.58. The Morgan fingerprint density at radius 1 is 0.550 bits per heavy atom. The third-order valence-corrected chi connectivity index (χ3v) is 11.7. The lowest BCUT2D eigenvalue weighted by atomic mass is 9.99. The van der Waals surface area contributed by atoms with Crippen LogP contribution in [-0.4, -0.2) is 34.8 Å². The number of H-pyrrole nitrogens is 1. The zero-order valence-electron chi connectivity index (χ0n) is 35.9. The Hall–Kier alpha value is -4.98. The molecule has 0 saturated heterocycles. The molecule has 0 bridgehead atoms. The number of nitrogens with zero attached hydrogens (tertiary/aromatic N) is 1. The zero-order valence-corrected chi connectivity index (χ0v) is 35.9. The number of Topliss-reactive ketones (excluding diaryl/α,β-unsaturated/α-hetero) is 1. The van der Waals surface area contributed by atoms with Gasteiger partial charge in [0.15, 0.2) is 5.75 Å². The van der Waals surface area contributed by atoms with Crippen molar-refractivity contribution >= 4 is 28.1 Å². The first-order valence-electron chi connectivity index (χ1n) is 22.9. The third kappa shape index (κ3) is 12.1. The number of aromatic nitrogens is 1.